The van der Waals surface area contributed by atoms with Crippen LogP contribution in [0, 0.1) is 17.0 Å². The molecule has 0 fully saturated rings. The lowest BCUT2D eigenvalue weighted by Gasteiger charge is -2.15. The van der Waals surface area contributed by atoms with Gasteiger partial charge in [-0.3, -0.25) is 10.1 Å². The molecule has 0 saturated carbocycles. The number of aryl methyl sites for hydroxylation is 2. The minimum absolute atomic E-state index is 0.110. The number of fused-ring (bicyclic) bond motifs is 1. The Morgan fingerprint density at radius 3 is 2.90 bits per heavy atom. The first-order valence-electron chi connectivity index (χ1n) is 7.04. The van der Waals surface area contributed by atoms with E-state index in [1.165, 1.54) is 24.2 Å². The topological polar surface area (TPSA) is 61.0 Å². The van der Waals surface area contributed by atoms with E-state index in [1.54, 1.807) is 12.1 Å². The molecule has 21 heavy (non-hydrogen) atoms. The molecule has 1 aliphatic rings. The smallest absolute Gasteiger partial charge is 0.283 e. The number of nitro groups is 1. The highest BCUT2D eigenvalue weighted by Gasteiger charge is 2.19. The van der Waals surface area contributed by atoms with Crippen LogP contribution in [0.1, 0.15) is 35.6 Å². The van der Waals surface area contributed by atoms with E-state index in [9.17, 15) is 10.1 Å². The first-order valence-corrected chi connectivity index (χ1v) is 7.83. The summed E-state index contributed by atoms with van der Waals surface area (Å²) in [5, 5.41) is 11.0. The molecule has 6 heteroatoms. The Bertz CT molecular complexity index is 709. The summed E-state index contributed by atoms with van der Waals surface area (Å²) in [4.78, 5) is 15.3. The standard InChI is InChI=1S/C15H16BrN3O2/c1-10-17-13-4-2-3-5-14(13)18(10)9-11-6-7-12(16)15(8-11)19(20)21/h6-8H,2-5,9H2,1H3. The maximum Gasteiger partial charge on any atom is 0.283 e. The molecular weight excluding hydrogens is 334 g/mol. The van der Waals surface area contributed by atoms with Crippen LogP contribution in [0.3, 0.4) is 0 Å². The van der Waals surface area contributed by atoms with Crippen molar-refractivity contribution < 1.29 is 4.92 Å². The van der Waals surface area contributed by atoms with Gasteiger partial charge in [-0.1, -0.05) is 6.07 Å². The van der Waals surface area contributed by atoms with Gasteiger partial charge >= 0.3 is 0 Å². The van der Waals surface area contributed by atoms with Crippen molar-refractivity contribution in [1.29, 1.82) is 0 Å². The molecule has 2 aromatic rings. The SMILES string of the molecule is Cc1nc2c(n1Cc1ccc(Br)c([N+](=O)[O-])c1)CCCC2. The number of nitrogens with zero attached hydrogens (tertiary/aromatic N) is 3. The summed E-state index contributed by atoms with van der Waals surface area (Å²) in [5.74, 6) is 0.993. The second kappa shape index (κ2) is 5.60. The second-order valence-corrected chi connectivity index (χ2v) is 6.24. The Morgan fingerprint density at radius 2 is 2.14 bits per heavy atom. The largest absolute Gasteiger partial charge is 0.328 e. The van der Waals surface area contributed by atoms with Crippen molar-refractivity contribution in [1.82, 2.24) is 9.55 Å². The van der Waals surface area contributed by atoms with Crippen LogP contribution in [0.4, 0.5) is 5.69 Å². The van der Waals surface area contributed by atoms with Gasteiger partial charge < -0.3 is 4.57 Å². The van der Waals surface area contributed by atoms with Gasteiger partial charge in [0, 0.05) is 18.3 Å². The van der Waals surface area contributed by atoms with Gasteiger partial charge in [0.05, 0.1) is 15.1 Å². The molecule has 1 heterocycles. The number of benzene rings is 1. The van der Waals surface area contributed by atoms with Crippen LogP contribution in [0.5, 0.6) is 0 Å². The van der Waals surface area contributed by atoms with Gasteiger partial charge in [-0.2, -0.15) is 0 Å². The summed E-state index contributed by atoms with van der Waals surface area (Å²) < 4.78 is 2.71. The molecule has 0 atom stereocenters. The van der Waals surface area contributed by atoms with Gasteiger partial charge in [0.25, 0.3) is 5.69 Å². The lowest BCUT2D eigenvalue weighted by Crippen LogP contribution is -2.10. The van der Waals surface area contributed by atoms with Crippen molar-refractivity contribution in [2.24, 2.45) is 0 Å². The Labute approximate surface area is 131 Å². The van der Waals surface area contributed by atoms with E-state index < -0.39 is 0 Å². The fraction of sp³-hybridized carbons (Fsp3) is 0.400. The van der Waals surface area contributed by atoms with Crippen LogP contribution in [0.15, 0.2) is 22.7 Å². The average molecular weight is 350 g/mol. The third kappa shape index (κ3) is 2.72. The zero-order valence-corrected chi connectivity index (χ0v) is 13.4. The molecule has 0 aliphatic heterocycles. The van der Waals surface area contributed by atoms with Crippen molar-refractivity contribution in [2.75, 3.05) is 0 Å². The molecule has 0 radical (unpaired) electrons. The van der Waals surface area contributed by atoms with Gasteiger partial charge in [-0.05, 0) is 60.2 Å². The number of halogens is 1. The first-order chi connectivity index (χ1) is 10.1. The number of nitro benzene ring substituents is 1. The zero-order chi connectivity index (χ0) is 15.0. The Morgan fingerprint density at radius 1 is 1.38 bits per heavy atom. The molecule has 1 aliphatic carbocycles. The van der Waals surface area contributed by atoms with Gasteiger partial charge in [0.15, 0.2) is 0 Å². The molecule has 5 nitrogen and oxygen atoms in total. The molecule has 0 amide bonds. The summed E-state index contributed by atoms with van der Waals surface area (Å²) in [5.41, 5.74) is 3.53. The Kier molecular flexibility index (Phi) is 3.80. The number of aromatic nitrogens is 2. The first kappa shape index (κ1) is 14.3. The maximum atomic E-state index is 11.0. The van der Waals surface area contributed by atoms with Crippen LogP contribution in [0.25, 0.3) is 0 Å². The molecule has 1 aromatic heterocycles. The van der Waals surface area contributed by atoms with Crippen molar-refractivity contribution in [3.8, 4) is 0 Å². The van der Waals surface area contributed by atoms with Crippen LogP contribution in [0.2, 0.25) is 0 Å². The van der Waals surface area contributed by atoms with Crippen molar-refractivity contribution in [2.45, 2.75) is 39.2 Å². The monoisotopic (exact) mass is 349 g/mol. The molecule has 110 valence electrons. The third-order valence-corrected chi connectivity index (χ3v) is 4.64. The average Bonchev–Trinajstić information content (AvgIpc) is 2.77. The highest BCUT2D eigenvalue weighted by atomic mass is 79.9. The highest BCUT2D eigenvalue weighted by molar-refractivity contribution is 9.10. The molecular formula is C15H16BrN3O2. The fourth-order valence-electron chi connectivity index (χ4n) is 2.92. The molecule has 3 rings (SSSR count). The van der Waals surface area contributed by atoms with E-state index in [0.717, 1.165) is 24.2 Å². The van der Waals surface area contributed by atoms with Crippen molar-refractivity contribution in [3.05, 3.63) is 55.6 Å². The summed E-state index contributed by atoms with van der Waals surface area (Å²) in [7, 11) is 0. The molecule has 0 spiro atoms. The normalized spacial score (nSPS) is 14.0. The quantitative estimate of drug-likeness (QED) is 0.625. The van der Waals surface area contributed by atoms with E-state index in [4.69, 9.17) is 0 Å². The predicted octanol–water partition coefficient (Wildman–Crippen LogP) is 3.79. The van der Waals surface area contributed by atoms with Gasteiger partial charge in [0.2, 0.25) is 0 Å². The van der Waals surface area contributed by atoms with E-state index in [1.807, 2.05) is 13.0 Å². The minimum atomic E-state index is -0.357. The summed E-state index contributed by atoms with van der Waals surface area (Å²) in [6.07, 6.45) is 4.49. The summed E-state index contributed by atoms with van der Waals surface area (Å²) >= 11 is 3.22. The highest BCUT2D eigenvalue weighted by Crippen LogP contribution is 2.27. The lowest BCUT2D eigenvalue weighted by molar-refractivity contribution is -0.385. The lowest BCUT2D eigenvalue weighted by atomic mass is 10.0. The van der Waals surface area contributed by atoms with Crippen molar-refractivity contribution >= 4 is 21.6 Å². The van der Waals surface area contributed by atoms with Gasteiger partial charge in [-0.25, -0.2) is 4.98 Å². The van der Waals surface area contributed by atoms with Crippen LogP contribution in [-0.4, -0.2) is 14.5 Å². The van der Waals surface area contributed by atoms with Crippen molar-refractivity contribution in [3.63, 3.8) is 0 Å². The Balaban J connectivity index is 1.96. The van der Waals surface area contributed by atoms with E-state index in [0.29, 0.717) is 11.0 Å². The van der Waals surface area contributed by atoms with Crippen LogP contribution < -0.4 is 0 Å². The Hall–Kier alpha value is -1.69. The van der Waals surface area contributed by atoms with Gasteiger partial charge in [0.1, 0.15) is 5.82 Å². The summed E-state index contributed by atoms with van der Waals surface area (Å²) in [6.45, 7) is 2.65. The van der Waals surface area contributed by atoms with Crippen LogP contribution >= 0.6 is 15.9 Å². The van der Waals surface area contributed by atoms with Gasteiger partial charge in [-0.15, -0.1) is 0 Å². The molecule has 1 aromatic carbocycles. The van der Waals surface area contributed by atoms with Crippen LogP contribution in [-0.2, 0) is 19.4 Å². The third-order valence-electron chi connectivity index (χ3n) is 3.97. The number of rotatable bonds is 3. The van der Waals surface area contributed by atoms with E-state index >= 15 is 0 Å². The summed E-state index contributed by atoms with van der Waals surface area (Å²) in [6, 6.07) is 5.30. The molecule has 0 unspecified atom stereocenters. The number of imidazole rings is 1. The van der Waals surface area contributed by atoms with E-state index in [-0.39, 0.29) is 10.6 Å². The minimum Gasteiger partial charge on any atom is -0.328 e. The van der Waals surface area contributed by atoms with E-state index in [2.05, 4.69) is 25.5 Å². The fourth-order valence-corrected chi connectivity index (χ4v) is 3.32. The number of hydrogen-bond donors (Lipinski definition) is 0. The number of hydrogen-bond acceptors (Lipinski definition) is 3. The predicted molar refractivity (Wildman–Crippen MR) is 83.5 cm³/mol. The molecule has 0 bridgehead atoms. The maximum absolute atomic E-state index is 11.0. The second-order valence-electron chi connectivity index (χ2n) is 5.39. The molecule has 0 saturated heterocycles. The zero-order valence-electron chi connectivity index (χ0n) is 11.8. The molecule has 0 N–H and O–H groups in total.